The third-order valence-corrected chi connectivity index (χ3v) is 1.76. The van der Waals surface area contributed by atoms with Gasteiger partial charge in [-0.25, -0.2) is 0 Å². The number of nitrogens with zero attached hydrogens (tertiary/aromatic N) is 3. The van der Waals surface area contributed by atoms with E-state index in [1.54, 1.807) is 0 Å². The van der Waals surface area contributed by atoms with E-state index in [0.717, 1.165) is 12.1 Å². The van der Waals surface area contributed by atoms with Gasteiger partial charge in [0.2, 0.25) is 0 Å². The molecule has 0 unspecified atom stereocenters. The molecule has 0 bridgehead atoms. The molecule has 0 amide bonds. The van der Waals surface area contributed by atoms with Crippen LogP contribution >= 0.6 is 0 Å². The van der Waals surface area contributed by atoms with Gasteiger partial charge in [0, 0.05) is 5.39 Å². The first-order chi connectivity index (χ1) is 6.57. The van der Waals surface area contributed by atoms with Crippen LogP contribution in [0.1, 0.15) is 5.56 Å². The average Bonchev–Trinajstić information content (AvgIpc) is 2.16. The van der Waals surface area contributed by atoms with Crippen LogP contribution in [0.5, 0.6) is 0 Å². The second-order valence-corrected chi connectivity index (χ2v) is 2.71. The molecule has 0 spiro atoms. The van der Waals surface area contributed by atoms with Crippen LogP contribution in [-0.4, -0.2) is 15.4 Å². The molecule has 0 aliphatic carbocycles. The summed E-state index contributed by atoms with van der Waals surface area (Å²) >= 11 is 0. The zero-order valence-corrected chi connectivity index (χ0v) is 6.78. The Morgan fingerprint density at radius 3 is 2.64 bits per heavy atom. The number of benzene rings is 1. The molecular formula is C8H4F3N3. The van der Waals surface area contributed by atoms with Gasteiger partial charge in [-0.2, -0.15) is 13.2 Å². The number of halogens is 3. The summed E-state index contributed by atoms with van der Waals surface area (Å²) < 4.78 is 36.8. The summed E-state index contributed by atoms with van der Waals surface area (Å²) in [4.78, 5) is 0. The fourth-order valence-electron chi connectivity index (χ4n) is 1.09. The first kappa shape index (κ1) is 8.86. The highest BCUT2D eigenvalue weighted by atomic mass is 19.4. The topological polar surface area (TPSA) is 38.7 Å². The van der Waals surface area contributed by atoms with Gasteiger partial charge in [-0.05, 0) is 23.4 Å². The highest BCUT2D eigenvalue weighted by Crippen LogP contribution is 2.30. The summed E-state index contributed by atoms with van der Waals surface area (Å²) in [5.74, 6) is 0. The normalized spacial score (nSPS) is 11.9. The highest BCUT2D eigenvalue weighted by molar-refractivity contribution is 5.77. The smallest absolute Gasteiger partial charge is 0.166 e. The molecule has 0 aliphatic heterocycles. The maximum atomic E-state index is 12.3. The molecule has 3 nitrogen and oxygen atoms in total. The van der Waals surface area contributed by atoms with Crippen molar-refractivity contribution in [2.45, 2.75) is 6.18 Å². The molecule has 14 heavy (non-hydrogen) atoms. The van der Waals surface area contributed by atoms with E-state index in [4.69, 9.17) is 0 Å². The average molecular weight is 199 g/mol. The van der Waals surface area contributed by atoms with Crippen molar-refractivity contribution in [3.63, 3.8) is 0 Å². The van der Waals surface area contributed by atoms with Crippen molar-refractivity contribution in [2.75, 3.05) is 0 Å². The van der Waals surface area contributed by atoms with Gasteiger partial charge in [-0.3, -0.25) is 0 Å². The van der Waals surface area contributed by atoms with Crippen LogP contribution in [-0.2, 0) is 6.18 Å². The van der Waals surface area contributed by atoms with Gasteiger partial charge in [0.05, 0.1) is 17.3 Å². The fourth-order valence-corrected chi connectivity index (χ4v) is 1.09. The summed E-state index contributed by atoms with van der Waals surface area (Å²) in [5, 5.41) is 10.6. The largest absolute Gasteiger partial charge is 0.416 e. The van der Waals surface area contributed by atoms with E-state index < -0.39 is 11.7 Å². The van der Waals surface area contributed by atoms with Crippen molar-refractivity contribution in [3.05, 3.63) is 30.0 Å². The van der Waals surface area contributed by atoms with Crippen LogP contribution < -0.4 is 0 Å². The van der Waals surface area contributed by atoms with Crippen LogP contribution in [0.2, 0.25) is 0 Å². The van der Waals surface area contributed by atoms with E-state index in [2.05, 4.69) is 15.4 Å². The van der Waals surface area contributed by atoms with Crippen LogP contribution in [0.25, 0.3) is 10.9 Å². The molecule has 2 rings (SSSR count). The number of hydrogen-bond acceptors (Lipinski definition) is 3. The van der Waals surface area contributed by atoms with Gasteiger partial charge >= 0.3 is 6.18 Å². The van der Waals surface area contributed by atoms with E-state index >= 15 is 0 Å². The molecule has 0 atom stereocenters. The highest BCUT2D eigenvalue weighted by Gasteiger charge is 2.30. The lowest BCUT2D eigenvalue weighted by molar-refractivity contribution is -0.137. The SMILES string of the molecule is FC(F)(F)c1ccc2nnncc2c1. The zero-order chi connectivity index (χ0) is 10.2. The Morgan fingerprint density at radius 1 is 1.14 bits per heavy atom. The van der Waals surface area contributed by atoms with E-state index in [1.165, 1.54) is 12.3 Å². The summed E-state index contributed by atoms with van der Waals surface area (Å²) in [6.07, 6.45) is -3.09. The van der Waals surface area contributed by atoms with Crippen LogP contribution in [0.4, 0.5) is 13.2 Å². The third kappa shape index (κ3) is 1.50. The number of alkyl halides is 3. The quantitative estimate of drug-likeness (QED) is 0.651. The Morgan fingerprint density at radius 2 is 1.93 bits per heavy atom. The lowest BCUT2D eigenvalue weighted by atomic mass is 10.1. The Hall–Kier alpha value is -1.72. The molecule has 72 valence electrons. The summed E-state index contributed by atoms with van der Waals surface area (Å²) in [7, 11) is 0. The third-order valence-electron chi connectivity index (χ3n) is 1.76. The second-order valence-electron chi connectivity index (χ2n) is 2.71. The molecule has 6 heteroatoms. The van der Waals surface area contributed by atoms with Gasteiger partial charge in [-0.1, -0.05) is 0 Å². The van der Waals surface area contributed by atoms with Crippen molar-refractivity contribution >= 4 is 10.9 Å². The maximum Gasteiger partial charge on any atom is 0.416 e. The molecule has 1 aromatic carbocycles. The number of hydrogen-bond donors (Lipinski definition) is 0. The van der Waals surface area contributed by atoms with E-state index in [-0.39, 0.29) is 0 Å². The van der Waals surface area contributed by atoms with Crippen LogP contribution in [0.15, 0.2) is 24.4 Å². The number of fused-ring (bicyclic) bond motifs is 1. The fraction of sp³-hybridized carbons (Fsp3) is 0.125. The summed E-state index contributed by atoms with van der Waals surface area (Å²) in [6, 6.07) is 3.24. The molecule has 0 saturated carbocycles. The Kier molecular flexibility index (Phi) is 1.83. The van der Waals surface area contributed by atoms with E-state index in [0.29, 0.717) is 10.9 Å². The number of aromatic nitrogens is 3. The van der Waals surface area contributed by atoms with Gasteiger partial charge in [-0.15, -0.1) is 10.2 Å². The van der Waals surface area contributed by atoms with Crippen LogP contribution in [0, 0.1) is 0 Å². The molecule has 0 aliphatic rings. The number of rotatable bonds is 0. The minimum absolute atomic E-state index is 0.329. The molecule has 0 N–H and O–H groups in total. The molecule has 0 fully saturated rings. The molecule has 2 aromatic rings. The van der Waals surface area contributed by atoms with Gasteiger partial charge in [0.1, 0.15) is 0 Å². The molecule has 1 aromatic heterocycles. The first-order valence-electron chi connectivity index (χ1n) is 3.73. The van der Waals surface area contributed by atoms with Gasteiger partial charge < -0.3 is 0 Å². The summed E-state index contributed by atoms with van der Waals surface area (Å²) in [6.45, 7) is 0. The predicted molar refractivity (Wildman–Crippen MR) is 42.3 cm³/mol. The van der Waals surface area contributed by atoms with E-state index in [1.807, 2.05) is 0 Å². The first-order valence-corrected chi connectivity index (χ1v) is 3.73. The molecule has 1 heterocycles. The van der Waals surface area contributed by atoms with Gasteiger partial charge in [0.15, 0.2) is 0 Å². The molecular weight excluding hydrogens is 195 g/mol. The Balaban J connectivity index is 2.63. The maximum absolute atomic E-state index is 12.3. The zero-order valence-electron chi connectivity index (χ0n) is 6.78. The standard InChI is InChI=1S/C8H4F3N3/c9-8(10,11)6-1-2-7-5(3-6)4-12-14-13-7/h1-4H. The van der Waals surface area contributed by atoms with Crippen molar-refractivity contribution < 1.29 is 13.2 Å². The minimum Gasteiger partial charge on any atom is -0.166 e. The lowest BCUT2D eigenvalue weighted by Crippen LogP contribution is -2.04. The van der Waals surface area contributed by atoms with Crippen LogP contribution in [0.3, 0.4) is 0 Å². The van der Waals surface area contributed by atoms with E-state index in [9.17, 15) is 13.2 Å². The van der Waals surface area contributed by atoms with Crippen molar-refractivity contribution in [1.29, 1.82) is 0 Å². The lowest BCUT2D eigenvalue weighted by Gasteiger charge is -2.06. The van der Waals surface area contributed by atoms with Crippen molar-refractivity contribution in [2.24, 2.45) is 0 Å². The Bertz CT molecular complexity index is 467. The monoisotopic (exact) mass is 199 g/mol. The van der Waals surface area contributed by atoms with Crippen molar-refractivity contribution in [1.82, 2.24) is 15.4 Å². The molecule has 0 radical (unpaired) electrons. The molecule has 0 saturated heterocycles. The van der Waals surface area contributed by atoms with Gasteiger partial charge in [0.25, 0.3) is 0 Å². The minimum atomic E-state index is -4.34. The van der Waals surface area contributed by atoms with Crippen molar-refractivity contribution in [3.8, 4) is 0 Å². The second kappa shape index (κ2) is 2.90. The Labute approximate surface area is 76.6 Å². The predicted octanol–water partition coefficient (Wildman–Crippen LogP) is 2.04. The summed E-state index contributed by atoms with van der Waals surface area (Å²) in [5.41, 5.74) is -0.312.